The molecule has 1 fully saturated rings. The highest BCUT2D eigenvalue weighted by Gasteiger charge is 2.20. The molecule has 0 bridgehead atoms. The Morgan fingerprint density at radius 2 is 1.77 bits per heavy atom. The normalized spacial score (nSPS) is 15.0. The summed E-state index contributed by atoms with van der Waals surface area (Å²) in [6, 6.07) is 22.3. The van der Waals surface area contributed by atoms with Crippen molar-refractivity contribution >= 4 is 17.2 Å². The zero-order chi connectivity index (χ0) is 21.5. The van der Waals surface area contributed by atoms with Gasteiger partial charge in [-0.2, -0.15) is 0 Å². The molecule has 4 nitrogen and oxygen atoms in total. The minimum atomic E-state index is 0.0340. The zero-order valence-electron chi connectivity index (χ0n) is 18.1. The number of hydrogen-bond acceptors (Lipinski definition) is 4. The van der Waals surface area contributed by atoms with E-state index >= 15 is 0 Å². The van der Waals surface area contributed by atoms with Crippen LogP contribution in [0.1, 0.15) is 33.6 Å². The Balaban J connectivity index is 1.22. The Morgan fingerprint density at radius 1 is 1.03 bits per heavy atom. The first-order valence-electron chi connectivity index (χ1n) is 11.0. The van der Waals surface area contributed by atoms with Crippen LogP contribution in [0.2, 0.25) is 0 Å². The minimum absolute atomic E-state index is 0.0340. The summed E-state index contributed by atoms with van der Waals surface area (Å²) in [4.78, 5) is 18.1. The van der Waals surface area contributed by atoms with Crippen LogP contribution in [-0.4, -0.2) is 48.5 Å². The predicted molar refractivity (Wildman–Crippen MR) is 127 cm³/mol. The van der Waals surface area contributed by atoms with Crippen molar-refractivity contribution in [2.45, 2.75) is 31.9 Å². The molecule has 31 heavy (non-hydrogen) atoms. The predicted octanol–water partition coefficient (Wildman–Crippen LogP) is 5.11. The van der Waals surface area contributed by atoms with Gasteiger partial charge in [0.05, 0.1) is 6.54 Å². The SMILES string of the molecule is CN(Cc1cccs1)C(=O)c1ccc(OC2CCN(CCc3ccccc3)CC2)cc1. The van der Waals surface area contributed by atoms with E-state index in [1.54, 1.807) is 16.2 Å². The maximum Gasteiger partial charge on any atom is 0.253 e. The fourth-order valence-corrected chi connectivity index (χ4v) is 4.74. The lowest BCUT2D eigenvalue weighted by molar-refractivity contribution is 0.0786. The molecule has 0 aliphatic carbocycles. The summed E-state index contributed by atoms with van der Waals surface area (Å²) in [5.74, 6) is 0.881. The van der Waals surface area contributed by atoms with Crippen LogP contribution in [0.5, 0.6) is 5.75 Å². The lowest BCUT2D eigenvalue weighted by atomic mass is 10.1. The number of amides is 1. The molecule has 3 aromatic rings. The lowest BCUT2D eigenvalue weighted by Gasteiger charge is -2.32. The molecule has 2 aromatic carbocycles. The number of carbonyl (C=O) groups is 1. The Hall–Kier alpha value is -2.63. The second-order valence-corrected chi connectivity index (χ2v) is 9.19. The van der Waals surface area contributed by atoms with Gasteiger partial charge < -0.3 is 14.5 Å². The fraction of sp³-hybridized carbons (Fsp3) is 0.346. The topological polar surface area (TPSA) is 32.8 Å². The molecule has 2 heterocycles. The van der Waals surface area contributed by atoms with Gasteiger partial charge in [0.1, 0.15) is 11.9 Å². The molecule has 0 radical (unpaired) electrons. The molecule has 0 atom stereocenters. The first-order valence-corrected chi connectivity index (χ1v) is 11.9. The molecule has 4 rings (SSSR count). The highest BCUT2D eigenvalue weighted by molar-refractivity contribution is 7.09. The van der Waals surface area contributed by atoms with Gasteiger partial charge in [0, 0.05) is 37.1 Å². The summed E-state index contributed by atoms with van der Waals surface area (Å²) in [5.41, 5.74) is 2.10. The van der Waals surface area contributed by atoms with Gasteiger partial charge in [0.2, 0.25) is 0 Å². The summed E-state index contributed by atoms with van der Waals surface area (Å²) in [7, 11) is 1.85. The molecule has 1 amide bonds. The van der Waals surface area contributed by atoms with E-state index < -0.39 is 0 Å². The maximum absolute atomic E-state index is 12.7. The van der Waals surface area contributed by atoms with Crippen molar-refractivity contribution < 1.29 is 9.53 Å². The van der Waals surface area contributed by atoms with Gasteiger partial charge in [0.25, 0.3) is 5.91 Å². The first-order chi connectivity index (χ1) is 15.2. The highest BCUT2D eigenvalue weighted by atomic mass is 32.1. The number of carbonyl (C=O) groups excluding carboxylic acids is 1. The van der Waals surface area contributed by atoms with Crippen LogP contribution in [0.25, 0.3) is 0 Å². The lowest BCUT2D eigenvalue weighted by Crippen LogP contribution is -2.39. The third-order valence-electron chi connectivity index (χ3n) is 5.82. The molecule has 1 saturated heterocycles. The minimum Gasteiger partial charge on any atom is -0.490 e. The number of nitrogens with zero attached hydrogens (tertiary/aromatic N) is 2. The molecule has 0 spiro atoms. The molecule has 1 aliphatic rings. The molecule has 1 aliphatic heterocycles. The molecule has 0 N–H and O–H groups in total. The molecule has 0 unspecified atom stereocenters. The molecular formula is C26H30N2O2S. The molecule has 1 aromatic heterocycles. The number of ether oxygens (including phenoxy) is 1. The van der Waals surface area contributed by atoms with Crippen LogP contribution < -0.4 is 4.74 Å². The summed E-state index contributed by atoms with van der Waals surface area (Å²) in [5, 5.41) is 2.04. The Kier molecular flexibility index (Phi) is 7.39. The fourth-order valence-electron chi connectivity index (χ4n) is 3.98. The number of benzene rings is 2. The maximum atomic E-state index is 12.7. The quantitative estimate of drug-likeness (QED) is 0.494. The van der Waals surface area contributed by atoms with E-state index in [0.29, 0.717) is 12.1 Å². The van der Waals surface area contributed by atoms with E-state index in [9.17, 15) is 4.79 Å². The number of likely N-dealkylation sites (tertiary alicyclic amines) is 1. The van der Waals surface area contributed by atoms with Crippen molar-refractivity contribution in [3.8, 4) is 5.75 Å². The van der Waals surface area contributed by atoms with Crippen molar-refractivity contribution in [3.05, 3.63) is 88.1 Å². The van der Waals surface area contributed by atoms with E-state index in [2.05, 4.69) is 41.3 Å². The van der Waals surface area contributed by atoms with E-state index in [4.69, 9.17) is 4.74 Å². The van der Waals surface area contributed by atoms with Crippen molar-refractivity contribution in [1.82, 2.24) is 9.80 Å². The number of thiophene rings is 1. The summed E-state index contributed by atoms with van der Waals surface area (Å²) in [6.07, 6.45) is 3.43. The number of hydrogen-bond donors (Lipinski definition) is 0. The first kappa shape index (κ1) is 21.6. The van der Waals surface area contributed by atoms with Gasteiger partial charge >= 0.3 is 0 Å². The molecule has 5 heteroatoms. The third-order valence-corrected chi connectivity index (χ3v) is 6.68. The summed E-state index contributed by atoms with van der Waals surface area (Å²) >= 11 is 1.67. The number of piperidine rings is 1. The van der Waals surface area contributed by atoms with Crippen molar-refractivity contribution in [2.75, 3.05) is 26.7 Å². The Labute approximate surface area is 189 Å². The molecule has 0 saturated carbocycles. The van der Waals surface area contributed by atoms with Crippen LogP contribution >= 0.6 is 11.3 Å². The van der Waals surface area contributed by atoms with Gasteiger partial charge in [-0.15, -0.1) is 11.3 Å². The standard InChI is InChI=1S/C26H30N2O2S/c1-27(20-25-8-5-19-31-25)26(29)22-9-11-23(12-10-22)30-24-14-17-28(18-15-24)16-13-21-6-3-2-4-7-21/h2-12,19,24H,13-18,20H2,1H3. The third kappa shape index (κ3) is 6.18. The second kappa shape index (κ2) is 10.6. The molecular weight excluding hydrogens is 404 g/mol. The van der Waals surface area contributed by atoms with Gasteiger partial charge in [0.15, 0.2) is 0 Å². The second-order valence-electron chi connectivity index (χ2n) is 8.16. The van der Waals surface area contributed by atoms with E-state index in [0.717, 1.165) is 44.6 Å². The monoisotopic (exact) mass is 434 g/mol. The average molecular weight is 435 g/mol. The summed E-state index contributed by atoms with van der Waals surface area (Å²) < 4.78 is 6.20. The van der Waals surface area contributed by atoms with Crippen LogP contribution in [0.3, 0.4) is 0 Å². The summed E-state index contributed by atoms with van der Waals surface area (Å²) in [6.45, 7) is 3.88. The molecule has 162 valence electrons. The highest BCUT2D eigenvalue weighted by Crippen LogP contribution is 2.21. The van der Waals surface area contributed by atoms with Gasteiger partial charge in [-0.3, -0.25) is 4.79 Å². The van der Waals surface area contributed by atoms with Crippen LogP contribution in [-0.2, 0) is 13.0 Å². The number of rotatable bonds is 8. The van der Waals surface area contributed by atoms with Gasteiger partial charge in [-0.05, 0) is 60.5 Å². The van der Waals surface area contributed by atoms with Crippen molar-refractivity contribution in [1.29, 1.82) is 0 Å². The smallest absolute Gasteiger partial charge is 0.253 e. The Morgan fingerprint density at radius 3 is 2.45 bits per heavy atom. The van der Waals surface area contributed by atoms with E-state index in [1.165, 1.54) is 10.4 Å². The van der Waals surface area contributed by atoms with Crippen molar-refractivity contribution in [3.63, 3.8) is 0 Å². The van der Waals surface area contributed by atoms with Crippen LogP contribution in [0.4, 0.5) is 0 Å². The van der Waals surface area contributed by atoms with Gasteiger partial charge in [-0.25, -0.2) is 0 Å². The van der Waals surface area contributed by atoms with E-state index in [1.807, 2.05) is 42.8 Å². The van der Waals surface area contributed by atoms with Crippen LogP contribution in [0.15, 0.2) is 72.1 Å². The Bertz CT molecular complexity index is 933. The largest absolute Gasteiger partial charge is 0.490 e. The van der Waals surface area contributed by atoms with Crippen molar-refractivity contribution in [2.24, 2.45) is 0 Å². The van der Waals surface area contributed by atoms with Crippen LogP contribution in [0, 0.1) is 0 Å². The average Bonchev–Trinajstić information content (AvgIpc) is 3.32. The van der Waals surface area contributed by atoms with Gasteiger partial charge in [-0.1, -0.05) is 36.4 Å². The van der Waals surface area contributed by atoms with E-state index in [-0.39, 0.29) is 12.0 Å². The zero-order valence-corrected chi connectivity index (χ0v) is 18.9.